The maximum absolute atomic E-state index is 6.00. The summed E-state index contributed by atoms with van der Waals surface area (Å²) in [6.07, 6.45) is 8.38. The molecule has 1 heterocycles. The minimum absolute atomic E-state index is 0.547. The van der Waals surface area contributed by atoms with Crippen LogP contribution in [0.1, 0.15) is 44.6 Å². The number of hydrogen-bond acceptors (Lipinski definition) is 3. The number of nitrogen functional groups attached to an aromatic ring is 1. The van der Waals surface area contributed by atoms with Gasteiger partial charge in [-0.15, -0.1) is 0 Å². The van der Waals surface area contributed by atoms with E-state index in [-0.39, 0.29) is 0 Å². The maximum atomic E-state index is 6.00. The number of nitrogens with two attached hydrogens (primary N) is 1. The van der Waals surface area contributed by atoms with E-state index in [4.69, 9.17) is 5.73 Å². The molecule has 1 aromatic rings. The molecule has 1 saturated carbocycles. The fourth-order valence-electron chi connectivity index (χ4n) is 2.77. The normalized spacial score (nSPS) is 24.6. The van der Waals surface area contributed by atoms with E-state index >= 15 is 0 Å². The standard InChI is InChI=1S/C14H23N3/c1-3-11-6-4-5-7-13(11)17-14-12(15)8-10(2)9-16-14/h8-9,11,13H,3-7,15H2,1-2H3,(H,16,17). The Labute approximate surface area is 104 Å². The van der Waals surface area contributed by atoms with E-state index in [9.17, 15) is 0 Å². The molecule has 0 spiro atoms. The van der Waals surface area contributed by atoms with Crippen LogP contribution in [0.15, 0.2) is 12.3 Å². The summed E-state index contributed by atoms with van der Waals surface area (Å²) in [5.41, 5.74) is 7.88. The topological polar surface area (TPSA) is 50.9 Å². The average Bonchev–Trinajstić information content (AvgIpc) is 2.33. The molecule has 2 rings (SSSR count). The predicted molar refractivity (Wildman–Crippen MR) is 73.0 cm³/mol. The van der Waals surface area contributed by atoms with E-state index in [1.807, 2.05) is 19.2 Å². The minimum atomic E-state index is 0.547. The largest absolute Gasteiger partial charge is 0.396 e. The second-order valence-corrected chi connectivity index (χ2v) is 5.15. The van der Waals surface area contributed by atoms with E-state index in [0.717, 1.165) is 23.0 Å². The van der Waals surface area contributed by atoms with Crippen LogP contribution in [-0.4, -0.2) is 11.0 Å². The zero-order valence-corrected chi connectivity index (χ0v) is 10.9. The van der Waals surface area contributed by atoms with E-state index in [0.29, 0.717) is 6.04 Å². The first-order valence-electron chi connectivity index (χ1n) is 6.69. The van der Waals surface area contributed by atoms with Crippen LogP contribution in [0.3, 0.4) is 0 Å². The van der Waals surface area contributed by atoms with Crippen molar-refractivity contribution in [3.63, 3.8) is 0 Å². The van der Waals surface area contributed by atoms with Gasteiger partial charge in [-0.2, -0.15) is 0 Å². The van der Waals surface area contributed by atoms with Gasteiger partial charge >= 0.3 is 0 Å². The highest BCUT2D eigenvalue weighted by atomic mass is 15.0. The number of nitrogens with one attached hydrogen (secondary N) is 1. The number of nitrogens with zero attached hydrogens (tertiary/aromatic N) is 1. The smallest absolute Gasteiger partial charge is 0.149 e. The van der Waals surface area contributed by atoms with Crippen molar-refractivity contribution < 1.29 is 0 Å². The molecule has 2 atom stereocenters. The van der Waals surface area contributed by atoms with E-state index < -0.39 is 0 Å². The van der Waals surface area contributed by atoms with Crippen molar-refractivity contribution in [2.75, 3.05) is 11.1 Å². The molecule has 94 valence electrons. The van der Waals surface area contributed by atoms with Gasteiger partial charge in [-0.1, -0.05) is 26.2 Å². The number of hydrogen-bond donors (Lipinski definition) is 2. The predicted octanol–water partition coefficient (Wildman–Crippen LogP) is 3.35. The zero-order chi connectivity index (χ0) is 12.3. The van der Waals surface area contributed by atoms with Crippen LogP contribution in [0, 0.1) is 12.8 Å². The molecule has 0 radical (unpaired) electrons. The Kier molecular flexibility index (Phi) is 3.87. The first-order valence-corrected chi connectivity index (χ1v) is 6.69. The maximum Gasteiger partial charge on any atom is 0.149 e. The van der Waals surface area contributed by atoms with Gasteiger partial charge in [0.1, 0.15) is 5.82 Å². The van der Waals surface area contributed by atoms with Gasteiger partial charge in [-0.3, -0.25) is 0 Å². The summed E-state index contributed by atoms with van der Waals surface area (Å²) in [5, 5.41) is 3.54. The van der Waals surface area contributed by atoms with Gasteiger partial charge in [0.2, 0.25) is 0 Å². The Morgan fingerprint density at radius 1 is 1.41 bits per heavy atom. The first-order chi connectivity index (χ1) is 8.20. The van der Waals surface area contributed by atoms with Crippen molar-refractivity contribution in [3.8, 4) is 0 Å². The molecule has 1 fully saturated rings. The van der Waals surface area contributed by atoms with Crippen LogP contribution in [-0.2, 0) is 0 Å². The first kappa shape index (κ1) is 12.2. The quantitative estimate of drug-likeness (QED) is 0.841. The van der Waals surface area contributed by atoms with Crippen molar-refractivity contribution in [2.24, 2.45) is 5.92 Å². The molecule has 1 aliphatic rings. The summed E-state index contributed by atoms with van der Waals surface area (Å²) < 4.78 is 0. The molecular formula is C14H23N3. The Bertz CT molecular complexity index is 376. The molecule has 0 aromatic carbocycles. The molecule has 1 aromatic heterocycles. The summed E-state index contributed by atoms with van der Waals surface area (Å²) in [4.78, 5) is 4.40. The number of rotatable bonds is 3. The van der Waals surface area contributed by atoms with E-state index in [1.54, 1.807) is 0 Å². The second-order valence-electron chi connectivity index (χ2n) is 5.15. The zero-order valence-electron chi connectivity index (χ0n) is 10.9. The monoisotopic (exact) mass is 233 g/mol. The lowest BCUT2D eigenvalue weighted by atomic mass is 9.83. The number of aromatic nitrogens is 1. The third-order valence-electron chi connectivity index (χ3n) is 3.81. The van der Waals surface area contributed by atoms with Gasteiger partial charge in [-0.25, -0.2) is 4.98 Å². The Hall–Kier alpha value is -1.25. The minimum Gasteiger partial charge on any atom is -0.396 e. The Morgan fingerprint density at radius 2 is 2.18 bits per heavy atom. The van der Waals surface area contributed by atoms with E-state index in [1.165, 1.54) is 32.1 Å². The molecule has 17 heavy (non-hydrogen) atoms. The highest BCUT2D eigenvalue weighted by molar-refractivity contribution is 5.62. The lowest BCUT2D eigenvalue weighted by Gasteiger charge is -2.32. The molecule has 2 unspecified atom stereocenters. The Balaban J connectivity index is 2.08. The molecule has 0 aliphatic heterocycles. The van der Waals surface area contributed by atoms with Crippen LogP contribution < -0.4 is 11.1 Å². The van der Waals surface area contributed by atoms with Crippen molar-refractivity contribution >= 4 is 11.5 Å². The summed E-state index contributed by atoms with van der Waals surface area (Å²) >= 11 is 0. The summed E-state index contributed by atoms with van der Waals surface area (Å²) in [5.74, 6) is 1.63. The molecule has 0 saturated heterocycles. The van der Waals surface area contributed by atoms with Gasteiger partial charge < -0.3 is 11.1 Å². The van der Waals surface area contributed by atoms with Gasteiger partial charge in [0.25, 0.3) is 0 Å². The lowest BCUT2D eigenvalue weighted by Crippen LogP contribution is -2.32. The summed E-state index contributed by atoms with van der Waals surface area (Å²) in [6, 6.07) is 2.53. The fourth-order valence-corrected chi connectivity index (χ4v) is 2.77. The van der Waals surface area contributed by atoms with E-state index in [2.05, 4.69) is 17.2 Å². The van der Waals surface area contributed by atoms with Gasteiger partial charge in [0.15, 0.2) is 0 Å². The fraction of sp³-hybridized carbons (Fsp3) is 0.643. The number of anilines is 2. The SMILES string of the molecule is CCC1CCCCC1Nc1ncc(C)cc1N. The summed E-state index contributed by atoms with van der Waals surface area (Å²) in [7, 11) is 0. The highest BCUT2D eigenvalue weighted by Crippen LogP contribution is 2.30. The van der Waals surface area contributed by atoms with Crippen LogP contribution in [0.5, 0.6) is 0 Å². The second kappa shape index (κ2) is 5.39. The van der Waals surface area contributed by atoms with Crippen molar-refractivity contribution in [2.45, 2.75) is 52.0 Å². The molecule has 0 bridgehead atoms. The molecule has 3 nitrogen and oxygen atoms in total. The molecule has 1 aliphatic carbocycles. The van der Waals surface area contributed by atoms with Crippen LogP contribution in [0.25, 0.3) is 0 Å². The van der Waals surface area contributed by atoms with Crippen LogP contribution in [0.2, 0.25) is 0 Å². The van der Waals surface area contributed by atoms with Crippen LogP contribution in [0.4, 0.5) is 11.5 Å². The highest BCUT2D eigenvalue weighted by Gasteiger charge is 2.24. The molecule has 3 heteroatoms. The Morgan fingerprint density at radius 3 is 2.88 bits per heavy atom. The number of pyridine rings is 1. The van der Waals surface area contributed by atoms with Gasteiger partial charge in [-0.05, 0) is 37.3 Å². The van der Waals surface area contributed by atoms with Crippen molar-refractivity contribution in [1.82, 2.24) is 4.98 Å². The molecular weight excluding hydrogens is 210 g/mol. The number of aryl methyl sites for hydroxylation is 1. The summed E-state index contributed by atoms with van der Waals surface area (Å²) in [6.45, 7) is 4.29. The van der Waals surface area contributed by atoms with Gasteiger partial charge in [0, 0.05) is 12.2 Å². The van der Waals surface area contributed by atoms with Gasteiger partial charge in [0.05, 0.1) is 5.69 Å². The third-order valence-corrected chi connectivity index (χ3v) is 3.81. The third kappa shape index (κ3) is 2.90. The average molecular weight is 233 g/mol. The molecule has 0 amide bonds. The van der Waals surface area contributed by atoms with Crippen molar-refractivity contribution in [3.05, 3.63) is 17.8 Å². The van der Waals surface area contributed by atoms with Crippen LogP contribution >= 0.6 is 0 Å². The lowest BCUT2D eigenvalue weighted by molar-refractivity contribution is 0.317. The van der Waals surface area contributed by atoms with Crippen molar-refractivity contribution in [1.29, 1.82) is 0 Å². The molecule has 3 N–H and O–H groups in total.